The van der Waals surface area contributed by atoms with Gasteiger partial charge in [0.25, 0.3) is 5.91 Å². The summed E-state index contributed by atoms with van der Waals surface area (Å²) < 4.78 is 26.0. The zero-order chi connectivity index (χ0) is 19.4. The van der Waals surface area contributed by atoms with Crippen LogP contribution >= 0.6 is 11.6 Å². The molecule has 0 aliphatic carbocycles. The highest BCUT2D eigenvalue weighted by molar-refractivity contribution is 6.32. The number of aromatic nitrogens is 2. The normalized spacial score (nSPS) is 10.8. The zero-order valence-corrected chi connectivity index (χ0v) is 15.7. The molecule has 2 aromatic heterocycles. The predicted molar refractivity (Wildman–Crippen MR) is 98.1 cm³/mol. The van der Waals surface area contributed by atoms with Gasteiger partial charge >= 0.3 is 0 Å². The Kier molecular flexibility index (Phi) is 5.81. The molecule has 6 nitrogen and oxygen atoms in total. The van der Waals surface area contributed by atoms with E-state index < -0.39 is 5.82 Å². The number of furan rings is 1. The van der Waals surface area contributed by atoms with Crippen LogP contribution in [0, 0.1) is 5.82 Å². The number of nitrogens with zero attached hydrogens (tertiary/aromatic N) is 3. The van der Waals surface area contributed by atoms with Crippen molar-refractivity contribution in [3.63, 3.8) is 0 Å². The van der Waals surface area contributed by atoms with Gasteiger partial charge in [-0.3, -0.25) is 9.48 Å². The molecule has 3 rings (SSSR count). The number of carbonyl (C=O) groups excluding carboxylic acids is 1. The zero-order valence-electron chi connectivity index (χ0n) is 15.0. The fourth-order valence-corrected chi connectivity index (χ4v) is 2.82. The lowest BCUT2D eigenvalue weighted by molar-refractivity contribution is 0.0745. The molecule has 0 aliphatic heterocycles. The number of hydrogen-bond acceptors (Lipinski definition) is 4. The molecule has 27 heavy (non-hydrogen) atoms. The van der Waals surface area contributed by atoms with Gasteiger partial charge in [-0.2, -0.15) is 5.10 Å². The number of aryl methyl sites for hydroxylation is 1. The number of rotatable bonds is 7. The SMILES string of the molecule is CCn1nccc1CN(C)C(=O)c1ccc(COc2ccc(F)cc2Cl)o1. The topological polar surface area (TPSA) is 60.5 Å². The van der Waals surface area contributed by atoms with Crippen LogP contribution in [-0.4, -0.2) is 27.6 Å². The van der Waals surface area contributed by atoms with Crippen molar-refractivity contribution < 1.29 is 18.3 Å². The molecular weight excluding hydrogens is 373 g/mol. The second-order valence-corrected chi connectivity index (χ2v) is 6.34. The van der Waals surface area contributed by atoms with E-state index in [9.17, 15) is 9.18 Å². The van der Waals surface area contributed by atoms with Crippen LogP contribution < -0.4 is 4.74 Å². The molecule has 0 radical (unpaired) electrons. The molecule has 0 bridgehead atoms. The molecule has 0 aliphatic rings. The molecule has 0 saturated heterocycles. The Morgan fingerprint density at radius 1 is 1.33 bits per heavy atom. The van der Waals surface area contributed by atoms with Gasteiger partial charge in [-0.1, -0.05) is 11.6 Å². The summed E-state index contributed by atoms with van der Waals surface area (Å²) in [6.07, 6.45) is 1.71. The Bertz CT molecular complexity index is 938. The van der Waals surface area contributed by atoms with Crippen LogP contribution in [0.15, 0.2) is 47.0 Å². The molecule has 3 aromatic rings. The molecule has 0 unspecified atom stereocenters. The van der Waals surface area contributed by atoms with E-state index in [1.807, 2.05) is 17.7 Å². The van der Waals surface area contributed by atoms with Gasteiger partial charge in [0.05, 0.1) is 17.3 Å². The quantitative estimate of drug-likeness (QED) is 0.607. The highest BCUT2D eigenvalue weighted by Crippen LogP contribution is 2.26. The summed E-state index contributed by atoms with van der Waals surface area (Å²) in [6, 6.07) is 9.01. The van der Waals surface area contributed by atoms with Crippen molar-refractivity contribution >= 4 is 17.5 Å². The maximum absolute atomic E-state index is 13.1. The summed E-state index contributed by atoms with van der Waals surface area (Å²) >= 11 is 5.92. The van der Waals surface area contributed by atoms with Gasteiger partial charge in [-0.15, -0.1) is 0 Å². The summed E-state index contributed by atoms with van der Waals surface area (Å²) in [5.41, 5.74) is 0.939. The fourth-order valence-electron chi connectivity index (χ4n) is 2.59. The fraction of sp³-hybridized carbons (Fsp3) is 0.263. The van der Waals surface area contributed by atoms with Gasteiger partial charge in [-0.25, -0.2) is 4.39 Å². The van der Waals surface area contributed by atoms with Crippen LogP contribution in [0.5, 0.6) is 5.75 Å². The molecule has 1 aromatic carbocycles. The molecular formula is C19H19ClFN3O3. The molecule has 0 spiro atoms. The van der Waals surface area contributed by atoms with E-state index in [0.29, 0.717) is 18.1 Å². The summed E-state index contributed by atoms with van der Waals surface area (Å²) in [4.78, 5) is 14.1. The van der Waals surface area contributed by atoms with Gasteiger partial charge in [0, 0.05) is 19.8 Å². The van der Waals surface area contributed by atoms with E-state index in [-0.39, 0.29) is 23.3 Å². The van der Waals surface area contributed by atoms with Crippen molar-refractivity contribution in [1.82, 2.24) is 14.7 Å². The molecule has 2 heterocycles. The van der Waals surface area contributed by atoms with Crippen LogP contribution in [0.1, 0.15) is 28.9 Å². The summed E-state index contributed by atoms with van der Waals surface area (Å²) in [5.74, 6) is 0.331. The Hall–Kier alpha value is -2.80. The maximum atomic E-state index is 13.1. The lowest BCUT2D eigenvalue weighted by Crippen LogP contribution is -2.27. The van der Waals surface area contributed by atoms with Crippen LogP contribution in [0.4, 0.5) is 4.39 Å². The van der Waals surface area contributed by atoms with Crippen LogP contribution in [0.25, 0.3) is 0 Å². The number of hydrogen-bond donors (Lipinski definition) is 0. The highest BCUT2D eigenvalue weighted by atomic mass is 35.5. The number of ether oxygens (including phenoxy) is 1. The second-order valence-electron chi connectivity index (χ2n) is 5.93. The molecule has 0 saturated carbocycles. The second kappa shape index (κ2) is 8.26. The van der Waals surface area contributed by atoms with E-state index in [1.54, 1.807) is 30.3 Å². The van der Waals surface area contributed by atoms with Gasteiger partial charge in [0.1, 0.15) is 23.9 Å². The average molecular weight is 392 g/mol. The van der Waals surface area contributed by atoms with Crippen LogP contribution in [-0.2, 0) is 19.7 Å². The predicted octanol–water partition coefficient (Wildman–Crippen LogP) is 4.14. The van der Waals surface area contributed by atoms with Gasteiger partial charge in [-0.05, 0) is 43.3 Å². The Labute approximate surface area is 161 Å². The first kappa shape index (κ1) is 19.0. The van der Waals surface area contributed by atoms with Crippen molar-refractivity contribution in [2.45, 2.75) is 26.6 Å². The Balaban J connectivity index is 1.61. The molecule has 8 heteroatoms. The van der Waals surface area contributed by atoms with Gasteiger partial charge < -0.3 is 14.1 Å². The van der Waals surface area contributed by atoms with Crippen molar-refractivity contribution in [3.8, 4) is 5.75 Å². The van der Waals surface area contributed by atoms with Crippen molar-refractivity contribution in [2.24, 2.45) is 0 Å². The van der Waals surface area contributed by atoms with Crippen LogP contribution in [0.3, 0.4) is 0 Å². The smallest absolute Gasteiger partial charge is 0.289 e. The minimum absolute atomic E-state index is 0.0744. The number of amides is 1. The number of carbonyl (C=O) groups is 1. The first-order valence-electron chi connectivity index (χ1n) is 8.40. The monoisotopic (exact) mass is 391 g/mol. The lowest BCUT2D eigenvalue weighted by atomic mass is 10.3. The van der Waals surface area contributed by atoms with Crippen LogP contribution in [0.2, 0.25) is 5.02 Å². The van der Waals surface area contributed by atoms with Gasteiger partial charge in [0.2, 0.25) is 0 Å². The lowest BCUT2D eigenvalue weighted by Gasteiger charge is -2.16. The minimum Gasteiger partial charge on any atom is -0.484 e. The third kappa shape index (κ3) is 4.49. The average Bonchev–Trinajstić information content (AvgIpc) is 3.29. The first-order valence-corrected chi connectivity index (χ1v) is 8.78. The number of benzene rings is 1. The molecule has 1 amide bonds. The molecule has 0 atom stereocenters. The molecule has 142 valence electrons. The first-order chi connectivity index (χ1) is 13.0. The molecule has 0 N–H and O–H groups in total. The third-order valence-electron chi connectivity index (χ3n) is 3.99. The van der Waals surface area contributed by atoms with E-state index in [4.69, 9.17) is 20.8 Å². The Morgan fingerprint density at radius 2 is 2.15 bits per heavy atom. The minimum atomic E-state index is -0.439. The Morgan fingerprint density at radius 3 is 2.89 bits per heavy atom. The maximum Gasteiger partial charge on any atom is 0.289 e. The largest absolute Gasteiger partial charge is 0.484 e. The number of halogens is 2. The molecule has 0 fully saturated rings. The standard InChI is InChI=1S/C19H19ClFN3O3/c1-3-24-14(8-9-22-24)11-23(2)19(25)18-7-5-15(27-18)12-26-17-6-4-13(21)10-16(17)20/h4-10H,3,11-12H2,1-2H3. The van der Waals surface area contributed by atoms with E-state index in [2.05, 4.69) is 5.10 Å². The summed E-state index contributed by atoms with van der Waals surface area (Å²) in [7, 11) is 1.70. The third-order valence-corrected chi connectivity index (χ3v) is 4.28. The summed E-state index contributed by atoms with van der Waals surface area (Å²) in [6.45, 7) is 3.22. The van der Waals surface area contributed by atoms with Crippen molar-refractivity contribution in [3.05, 3.63) is 70.6 Å². The van der Waals surface area contributed by atoms with E-state index in [0.717, 1.165) is 12.2 Å². The van der Waals surface area contributed by atoms with Crippen molar-refractivity contribution in [1.29, 1.82) is 0 Å². The van der Waals surface area contributed by atoms with Gasteiger partial charge in [0.15, 0.2) is 5.76 Å². The van der Waals surface area contributed by atoms with Crippen molar-refractivity contribution in [2.75, 3.05) is 7.05 Å². The van der Waals surface area contributed by atoms with E-state index >= 15 is 0 Å². The highest BCUT2D eigenvalue weighted by Gasteiger charge is 2.18. The summed E-state index contributed by atoms with van der Waals surface area (Å²) in [5, 5.41) is 4.37. The van der Waals surface area contributed by atoms with E-state index in [1.165, 1.54) is 18.2 Å².